The average Bonchev–Trinajstić information content (AvgIpc) is 3.38. The van der Waals surface area contributed by atoms with Crippen molar-refractivity contribution in [2.75, 3.05) is 26.2 Å². The zero-order valence-electron chi connectivity index (χ0n) is 16.8. The molecule has 0 aliphatic carbocycles. The number of hydrogen-bond acceptors (Lipinski definition) is 4. The number of carbonyl (C=O) groups excluding carboxylic acids is 1. The van der Waals surface area contributed by atoms with Crippen molar-refractivity contribution in [3.05, 3.63) is 71.7 Å². The van der Waals surface area contributed by atoms with Gasteiger partial charge in [0.2, 0.25) is 0 Å². The van der Waals surface area contributed by atoms with Crippen molar-refractivity contribution in [2.24, 2.45) is 0 Å². The molecule has 2 aliphatic heterocycles. The average molecular weight is 407 g/mol. The van der Waals surface area contributed by atoms with Crippen LogP contribution in [0.4, 0.5) is 4.39 Å². The molecule has 3 N–H and O–H groups in total. The van der Waals surface area contributed by atoms with Gasteiger partial charge in [0.25, 0.3) is 5.91 Å². The lowest BCUT2D eigenvalue weighted by Crippen LogP contribution is -2.46. The third-order valence-electron chi connectivity index (χ3n) is 6.22. The van der Waals surface area contributed by atoms with Gasteiger partial charge in [0.1, 0.15) is 5.82 Å². The highest BCUT2D eigenvalue weighted by molar-refractivity contribution is 5.97. The summed E-state index contributed by atoms with van der Waals surface area (Å²) in [6.07, 6.45) is 3.94. The maximum Gasteiger partial charge on any atom is 0.253 e. The number of hydrazine groups is 1. The summed E-state index contributed by atoms with van der Waals surface area (Å²) in [5.41, 5.74) is 9.53. The number of aromatic amines is 1. The second kappa shape index (κ2) is 8.18. The molecule has 5 rings (SSSR count). The summed E-state index contributed by atoms with van der Waals surface area (Å²) in [4.78, 5) is 20.6. The first-order valence-electron chi connectivity index (χ1n) is 10.5. The zero-order valence-corrected chi connectivity index (χ0v) is 16.8. The number of aromatic nitrogens is 1. The van der Waals surface area contributed by atoms with Gasteiger partial charge in [0.15, 0.2) is 0 Å². The van der Waals surface area contributed by atoms with Gasteiger partial charge in [-0.2, -0.15) is 0 Å². The summed E-state index contributed by atoms with van der Waals surface area (Å²) in [6, 6.07) is 14.7. The van der Waals surface area contributed by atoms with Gasteiger partial charge in [-0.25, -0.2) is 15.2 Å². The topological polar surface area (TPSA) is 63.4 Å². The van der Waals surface area contributed by atoms with Crippen molar-refractivity contribution in [1.82, 2.24) is 25.6 Å². The number of fused-ring (bicyclic) bond motifs is 1. The standard InChI is InChI=1S/C23H26FN5O/c24-19-6-4-16(5-7-19)21-15-22(27-26-21)28-10-1-11-29(13-12-28)23(30)18-3-2-17-8-9-25-20(17)14-18/h2-9,14,21-22,25-27H,1,10-13,15H2. The molecule has 1 amide bonds. The van der Waals surface area contributed by atoms with Crippen LogP contribution in [0.25, 0.3) is 10.9 Å². The van der Waals surface area contributed by atoms with Gasteiger partial charge in [-0.05, 0) is 54.1 Å². The fourth-order valence-electron chi connectivity index (χ4n) is 4.51. The van der Waals surface area contributed by atoms with E-state index in [0.29, 0.717) is 6.54 Å². The summed E-state index contributed by atoms with van der Waals surface area (Å²) in [5.74, 6) is -0.121. The van der Waals surface area contributed by atoms with Crippen molar-refractivity contribution in [1.29, 1.82) is 0 Å². The lowest BCUT2D eigenvalue weighted by atomic mass is 10.0. The number of hydrogen-bond donors (Lipinski definition) is 3. The van der Waals surface area contributed by atoms with E-state index in [9.17, 15) is 9.18 Å². The predicted molar refractivity (Wildman–Crippen MR) is 114 cm³/mol. The Balaban J connectivity index is 1.21. The van der Waals surface area contributed by atoms with Crippen molar-refractivity contribution >= 4 is 16.8 Å². The number of nitrogens with one attached hydrogen (secondary N) is 3. The molecule has 0 bridgehead atoms. The Morgan fingerprint density at radius 2 is 1.83 bits per heavy atom. The molecule has 2 saturated heterocycles. The first kappa shape index (κ1) is 19.2. The lowest BCUT2D eigenvalue weighted by molar-refractivity contribution is 0.0756. The van der Waals surface area contributed by atoms with Crippen LogP contribution >= 0.6 is 0 Å². The largest absolute Gasteiger partial charge is 0.361 e. The smallest absolute Gasteiger partial charge is 0.253 e. The summed E-state index contributed by atoms with van der Waals surface area (Å²) < 4.78 is 13.2. The van der Waals surface area contributed by atoms with E-state index in [1.54, 1.807) is 0 Å². The Hall–Kier alpha value is -2.74. The minimum absolute atomic E-state index is 0.0926. The summed E-state index contributed by atoms with van der Waals surface area (Å²) >= 11 is 0. The van der Waals surface area contributed by atoms with E-state index in [2.05, 4.69) is 20.7 Å². The Bertz CT molecular complexity index is 1030. The van der Waals surface area contributed by atoms with Crippen LogP contribution in [-0.2, 0) is 0 Å². The van der Waals surface area contributed by atoms with E-state index in [1.165, 1.54) is 12.1 Å². The molecule has 3 aromatic rings. The number of carbonyl (C=O) groups is 1. The Labute approximate surface area is 175 Å². The number of benzene rings is 2. The number of H-pyrrole nitrogens is 1. The normalized spacial score (nSPS) is 23.0. The van der Waals surface area contributed by atoms with Gasteiger partial charge >= 0.3 is 0 Å². The highest BCUT2D eigenvalue weighted by Crippen LogP contribution is 2.25. The maximum absolute atomic E-state index is 13.2. The maximum atomic E-state index is 13.2. The molecule has 2 aromatic carbocycles. The van der Waals surface area contributed by atoms with Crippen molar-refractivity contribution in [3.63, 3.8) is 0 Å². The van der Waals surface area contributed by atoms with E-state index in [1.807, 2.05) is 47.5 Å². The van der Waals surface area contributed by atoms with E-state index < -0.39 is 0 Å². The van der Waals surface area contributed by atoms with Crippen molar-refractivity contribution in [3.8, 4) is 0 Å². The Morgan fingerprint density at radius 3 is 2.70 bits per heavy atom. The second-order valence-corrected chi connectivity index (χ2v) is 8.11. The summed E-state index contributed by atoms with van der Waals surface area (Å²) in [6.45, 7) is 3.24. The molecular weight excluding hydrogens is 381 g/mol. The van der Waals surface area contributed by atoms with Gasteiger partial charge in [-0.15, -0.1) is 0 Å². The van der Waals surface area contributed by atoms with Gasteiger partial charge in [-0.1, -0.05) is 18.2 Å². The molecule has 2 aliphatic rings. The molecule has 3 heterocycles. The van der Waals surface area contributed by atoms with Gasteiger partial charge in [-0.3, -0.25) is 9.69 Å². The third kappa shape index (κ3) is 3.84. The second-order valence-electron chi connectivity index (χ2n) is 8.11. The third-order valence-corrected chi connectivity index (χ3v) is 6.22. The van der Waals surface area contributed by atoms with Crippen LogP contribution in [0, 0.1) is 5.82 Å². The first-order chi connectivity index (χ1) is 14.7. The molecule has 2 unspecified atom stereocenters. The molecular formula is C23H26FN5O. The summed E-state index contributed by atoms with van der Waals surface area (Å²) in [7, 11) is 0. The highest BCUT2D eigenvalue weighted by atomic mass is 19.1. The molecule has 6 nitrogen and oxygen atoms in total. The minimum Gasteiger partial charge on any atom is -0.361 e. The zero-order chi connectivity index (χ0) is 20.5. The number of halogens is 1. The minimum atomic E-state index is -0.214. The van der Waals surface area contributed by atoms with Gasteiger partial charge in [0.05, 0.1) is 6.17 Å². The van der Waals surface area contributed by atoms with E-state index in [-0.39, 0.29) is 23.9 Å². The van der Waals surface area contributed by atoms with Crippen molar-refractivity contribution < 1.29 is 9.18 Å². The molecule has 156 valence electrons. The van der Waals surface area contributed by atoms with Crippen LogP contribution in [0.1, 0.15) is 34.8 Å². The molecule has 30 heavy (non-hydrogen) atoms. The van der Waals surface area contributed by atoms with Crippen LogP contribution in [0.15, 0.2) is 54.7 Å². The van der Waals surface area contributed by atoms with Crippen LogP contribution in [0.5, 0.6) is 0 Å². The number of nitrogens with zero attached hydrogens (tertiary/aromatic N) is 2. The molecule has 0 saturated carbocycles. The number of amides is 1. The van der Waals surface area contributed by atoms with E-state index in [4.69, 9.17) is 0 Å². The van der Waals surface area contributed by atoms with Gasteiger partial charge in [0, 0.05) is 49.5 Å². The van der Waals surface area contributed by atoms with Gasteiger partial charge < -0.3 is 9.88 Å². The molecule has 1 aromatic heterocycles. The molecule has 0 spiro atoms. The lowest BCUT2D eigenvalue weighted by Gasteiger charge is -2.27. The van der Waals surface area contributed by atoms with Crippen LogP contribution in [-0.4, -0.2) is 53.0 Å². The van der Waals surface area contributed by atoms with E-state index >= 15 is 0 Å². The molecule has 2 fully saturated rings. The fraction of sp³-hybridized carbons (Fsp3) is 0.348. The van der Waals surface area contributed by atoms with E-state index in [0.717, 1.165) is 54.5 Å². The predicted octanol–water partition coefficient (Wildman–Crippen LogP) is 3.02. The molecule has 2 atom stereocenters. The summed E-state index contributed by atoms with van der Waals surface area (Å²) in [5, 5.41) is 1.11. The van der Waals surface area contributed by atoms with Crippen LogP contribution in [0.3, 0.4) is 0 Å². The molecule has 7 heteroatoms. The monoisotopic (exact) mass is 407 g/mol. The Morgan fingerprint density at radius 1 is 0.967 bits per heavy atom. The van der Waals surface area contributed by atoms with Crippen LogP contribution in [0.2, 0.25) is 0 Å². The van der Waals surface area contributed by atoms with Crippen molar-refractivity contribution in [2.45, 2.75) is 25.0 Å². The quantitative estimate of drug-likeness (QED) is 0.625. The number of rotatable bonds is 3. The molecule has 0 radical (unpaired) electrons. The SMILES string of the molecule is O=C(c1ccc2cc[nH]c2c1)N1CCCN(C2CC(c3ccc(F)cc3)NN2)CC1. The fourth-order valence-corrected chi connectivity index (χ4v) is 4.51. The van der Waals surface area contributed by atoms with Crippen LogP contribution < -0.4 is 10.9 Å². The highest BCUT2D eigenvalue weighted by Gasteiger charge is 2.31. The first-order valence-corrected chi connectivity index (χ1v) is 10.5. The Kier molecular flexibility index (Phi) is 5.25.